The molecule has 7 heteroatoms. The molecule has 1 atom stereocenters. The fourth-order valence-electron chi connectivity index (χ4n) is 2.57. The second-order valence-corrected chi connectivity index (χ2v) is 5.91. The lowest BCUT2D eigenvalue weighted by molar-refractivity contribution is 0.282. The summed E-state index contributed by atoms with van der Waals surface area (Å²) >= 11 is 0. The summed E-state index contributed by atoms with van der Waals surface area (Å²) in [6.07, 6.45) is 0. The highest BCUT2D eigenvalue weighted by molar-refractivity contribution is 14.0. The van der Waals surface area contributed by atoms with E-state index in [1.54, 1.807) is 26.0 Å². The average molecular weight is 474 g/mol. The zero-order valence-corrected chi connectivity index (χ0v) is 17.5. The average Bonchev–Trinajstić information content (AvgIpc) is 2.60. The van der Waals surface area contributed by atoms with Gasteiger partial charge in [0.25, 0.3) is 0 Å². The Morgan fingerprint density at radius 1 is 1.00 bits per heavy atom. The summed E-state index contributed by atoms with van der Waals surface area (Å²) in [6, 6.07) is 13.4. The third-order valence-electron chi connectivity index (χ3n) is 3.95. The molecule has 2 aromatic rings. The van der Waals surface area contributed by atoms with Crippen LogP contribution in [0.25, 0.3) is 0 Å². The molecule has 0 aromatic heterocycles. The fraction of sp³-hybridized carbons (Fsp3) is 0.316. The van der Waals surface area contributed by atoms with E-state index in [0.717, 1.165) is 5.56 Å². The van der Waals surface area contributed by atoms with Gasteiger partial charge >= 0.3 is 0 Å². The zero-order chi connectivity index (χ0) is 18.2. The minimum atomic E-state index is -0.548. The van der Waals surface area contributed by atoms with Crippen molar-refractivity contribution in [2.24, 2.45) is 4.99 Å². The van der Waals surface area contributed by atoms with Gasteiger partial charge in [-0.1, -0.05) is 36.4 Å². The molecule has 4 nitrogen and oxygen atoms in total. The lowest BCUT2D eigenvalue weighted by Crippen LogP contribution is -2.41. The van der Waals surface area contributed by atoms with Crippen LogP contribution in [0.4, 0.5) is 8.78 Å². The van der Waals surface area contributed by atoms with Gasteiger partial charge in [-0.2, -0.15) is 0 Å². The number of rotatable bonds is 6. The van der Waals surface area contributed by atoms with Crippen molar-refractivity contribution in [1.29, 1.82) is 0 Å². The van der Waals surface area contributed by atoms with Crippen molar-refractivity contribution in [3.63, 3.8) is 0 Å². The maximum atomic E-state index is 14.1. The maximum Gasteiger partial charge on any atom is 0.191 e. The van der Waals surface area contributed by atoms with Crippen molar-refractivity contribution in [2.75, 3.05) is 27.7 Å². The summed E-state index contributed by atoms with van der Waals surface area (Å²) in [5.74, 6) is -0.520. The first-order valence-electron chi connectivity index (χ1n) is 8.11. The van der Waals surface area contributed by atoms with Crippen molar-refractivity contribution in [3.8, 4) is 0 Å². The standard InChI is InChI=1S/C19H24F2N4.HI/c1-22-19(23-12-14-8-5-4-6-9-14)24-13-17(25(2)3)18-15(20)10-7-11-16(18)21;/h4-11,17H,12-13H2,1-3H3,(H2,22,23,24);1H. The third kappa shape index (κ3) is 6.21. The number of halogens is 3. The molecule has 0 aliphatic heterocycles. The highest BCUT2D eigenvalue weighted by Crippen LogP contribution is 2.23. The van der Waals surface area contributed by atoms with Crippen LogP contribution >= 0.6 is 24.0 Å². The number of benzene rings is 2. The Labute approximate surface area is 170 Å². The van der Waals surface area contributed by atoms with Crippen LogP contribution in [0.15, 0.2) is 53.5 Å². The Bertz CT molecular complexity index is 688. The van der Waals surface area contributed by atoms with Crippen molar-refractivity contribution in [2.45, 2.75) is 12.6 Å². The summed E-state index contributed by atoms with van der Waals surface area (Å²) in [5, 5.41) is 6.33. The third-order valence-corrected chi connectivity index (χ3v) is 3.95. The van der Waals surface area contributed by atoms with E-state index in [1.807, 2.05) is 30.3 Å². The van der Waals surface area contributed by atoms with Crippen molar-refractivity contribution < 1.29 is 8.78 Å². The Balaban J connectivity index is 0.00000338. The Hall–Kier alpha value is -1.74. The van der Waals surface area contributed by atoms with Gasteiger partial charge in [-0.15, -0.1) is 24.0 Å². The topological polar surface area (TPSA) is 39.7 Å². The first-order valence-corrected chi connectivity index (χ1v) is 8.11. The van der Waals surface area contributed by atoms with Crippen LogP contribution < -0.4 is 10.6 Å². The molecule has 0 heterocycles. The van der Waals surface area contributed by atoms with Gasteiger partial charge in [-0.3, -0.25) is 4.99 Å². The van der Waals surface area contributed by atoms with E-state index in [4.69, 9.17) is 0 Å². The van der Waals surface area contributed by atoms with Crippen LogP contribution in [0.1, 0.15) is 17.2 Å². The summed E-state index contributed by atoms with van der Waals surface area (Å²) < 4.78 is 28.2. The molecule has 0 radical (unpaired) electrons. The normalized spacial score (nSPS) is 12.5. The molecular weight excluding hydrogens is 449 g/mol. The van der Waals surface area contributed by atoms with E-state index < -0.39 is 17.7 Å². The van der Waals surface area contributed by atoms with Gasteiger partial charge in [0.1, 0.15) is 11.6 Å². The minimum Gasteiger partial charge on any atom is -0.354 e. The number of guanidine groups is 1. The summed E-state index contributed by atoms with van der Waals surface area (Å²) in [4.78, 5) is 5.94. The van der Waals surface area contributed by atoms with Crippen LogP contribution in [0.5, 0.6) is 0 Å². The van der Waals surface area contributed by atoms with Gasteiger partial charge in [0.2, 0.25) is 0 Å². The molecule has 0 amide bonds. The molecule has 0 spiro atoms. The van der Waals surface area contributed by atoms with E-state index in [9.17, 15) is 8.78 Å². The van der Waals surface area contributed by atoms with Gasteiger partial charge in [0, 0.05) is 25.7 Å². The number of hydrogen-bond donors (Lipinski definition) is 2. The molecule has 26 heavy (non-hydrogen) atoms. The molecule has 1 unspecified atom stereocenters. The van der Waals surface area contributed by atoms with Gasteiger partial charge in [0.05, 0.1) is 6.04 Å². The Kier molecular flexibility index (Phi) is 9.50. The lowest BCUT2D eigenvalue weighted by atomic mass is 10.0. The molecule has 0 fully saturated rings. The molecule has 0 saturated heterocycles. The van der Waals surface area contributed by atoms with Gasteiger partial charge in [0.15, 0.2) is 5.96 Å². The van der Waals surface area contributed by atoms with E-state index >= 15 is 0 Å². The lowest BCUT2D eigenvalue weighted by Gasteiger charge is -2.26. The van der Waals surface area contributed by atoms with E-state index in [-0.39, 0.29) is 29.5 Å². The van der Waals surface area contributed by atoms with Crippen molar-refractivity contribution in [3.05, 3.63) is 71.3 Å². The smallest absolute Gasteiger partial charge is 0.191 e. The number of nitrogens with zero attached hydrogens (tertiary/aromatic N) is 2. The molecule has 0 aliphatic carbocycles. The second-order valence-electron chi connectivity index (χ2n) is 5.91. The largest absolute Gasteiger partial charge is 0.354 e. The number of likely N-dealkylation sites (N-methyl/N-ethyl adjacent to an activating group) is 1. The molecule has 2 aromatic carbocycles. The second kappa shape index (κ2) is 11.1. The highest BCUT2D eigenvalue weighted by Gasteiger charge is 2.22. The molecule has 2 rings (SSSR count). The van der Waals surface area contributed by atoms with Crippen molar-refractivity contribution in [1.82, 2.24) is 15.5 Å². The molecule has 2 N–H and O–H groups in total. The number of nitrogens with one attached hydrogen (secondary N) is 2. The van der Waals surface area contributed by atoms with Gasteiger partial charge in [-0.25, -0.2) is 8.78 Å². The molecule has 142 valence electrons. The van der Waals surface area contributed by atoms with Gasteiger partial charge in [-0.05, 0) is 31.8 Å². The van der Waals surface area contributed by atoms with Crippen LogP contribution in [0.2, 0.25) is 0 Å². The molecule has 0 bridgehead atoms. The van der Waals surface area contributed by atoms with Gasteiger partial charge < -0.3 is 15.5 Å². The quantitative estimate of drug-likeness (QED) is 0.382. The Morgan fingerprint density at radius 3 is 2.15 bits per heavy atom. The van der Waals surface area contributed by atoms with E-state index in [1.165, 1.54) is 18.2 Å². The highest BCUT2D eigenvalue weighted by atomic mass is 127. The maximum absolute atomic E-state index is 14.1. The first kappa shape index (κ1) is 22.3. The summed E-state index contributed by atoms with van der Waals surface area (Å²) in [7, 11) is 5.24. The monoisotopic (exact) mass is 474 g/mol. The number of aliphatic imine (C=N–C) groups is 1. The van der Waals surface area contributed by atoms with Crippen molar-refractivity contribution >= 4 is 29.9 Å². The number of hydrogen-bond acceptors (Lipinski definition) is 2. The molecule has 0 aliphatic rings. The summed E-state index contributed by atoms with van der Waals surface area (Å²) in [5.41, 5.74) is 1.17. The van der Waals surface area contributed by atoms with Crippen LogP contribution in [0.3, 0.4) is 0 Å². The van der Waals surface area contributed by atoms with Crippen LogP contribution in [0, 0.1) is 11.6 Å². The van der Waals surface area contributed by atoms with Crippen LogP contribution in [-0.4, -0.2) is 38.5 Å². The molecule has 0 saturated carbocycles. The first-order chi connectivity index (χ1) is 12.0. The van der Waals surface area contributed by atoms with E-state index in [0.29, 0.717) is 19.0 Å². The predicted molar refractivity (Wildman–Crippen MR) is 113 cm³/mol. The SMILES string of the molecule is CN=C(NCc1ccccc1)NCC(c1c(F)cccc1F)N(C)C.I. The van der Waals surface area contributed by atoms with E-state index in [2.05, 4.69) is 15.6 Å². The fourth-order valence-corrected chi connectivity index (χ4v) is 2.57. The summed E-state index contributed by atoms with van der Waals surface area (Å²) in [6.45, 7) is 0.931. The predicted octanol–water partition coefficient (Wildman–Crippen LogP) is 3.55. The zero-order valence-electron chi connectivity index (χ0n) is 15.2. The van der Waals surface area contributed by atoms with Crippen LogP contribution in [-0.2, 0) is 6.54 Å². The minimum absolute atomic E-state index is 0. The Morgan fingerprint density at radius 2 is 1.62 bits per heavy atom. The molecular formula is C19H25F2IN4.